The summed E-state index contributed by atoms with van der Waals surface area (Å²) in [6.07, 6.45) is 0.672. The van der Waals surface area contributed by atoms with Crippen molar-refractivity contribution in [3.05, 3.63) is 58.6 Å². The van der Waals surface area contributed by atoms with E-state index in [1.165, 1.54) is 12.0 Å². The van der Waals surface area contributed by atoms with E-state index in [1.54, 1.807) is 32.4 Å². The summed E-state index contributed by atoms with van der Waals surface area (Å²) >= 11 is 5.91. The average Bonchev–Trinajstić information content (AvgIpc) is 2.72. The molecular weight excluding hydrogens is 382 g/mol. The standard InChI is InChI=1S/C21H24ClNO5/c1-26-18-6-4-5-16(21(18)28-3)9-12-19(24)23(14-20(25)27-2)13-15-7-10-17(22)11-8-15/h4-8,10-11H,9,12-14H2,1-3H3. The third-order valence-electron chi connectivity index (χ3n) is 4.28. The van der Waals surface area contributed by atoms with Gasteiger partial charge >= 0.3 is 5.97 Å². The number of para-hydroxylation sites is 1. The predicted octanol–water partition coefficient (Wildman–Crippen LogP) is 3.49. The van der Waals surface area contributed by atoms with Gasteiger partial charge in [-0.3, -0.25) is 9.59 Å². The number of halogens is 1. The summed E-state index contributed by atoms with van der Waals surface area (Å²) in [7, 11) is 4.43. The smallest absolute Gasteiger partial charge is 0.325 e. The summed E-state index contributed by atoms with van der Waals surface area (Å²) < 4.78 is 15.4. The number of esters is 1. The maximum Gasteiger partial charge on any atom is 0.325 e. The Morgan fingerprint density at radius 1 is 1.00 bits per heavy atom. The number of amides is 1. The predicted molar refractivity (Wildman–Crippen MR) is 107 cm³/mol. The van der Waals surface area contributed by atoms with Crippen LogP contribution in [0, 0.1) is 0 Å². The summed E-state index contributed by atoms with van der Waals surface area (Å²) in [6, 6.07) is 12.7. The molecule has 0 atom stereocenters. The highest BCUT2D eigenvalue weighted by Crippen LogP contribution is 2.31. The van der Waals surface area contributed by atoms with Crippen molar-refractivity contribution in [2.75, 3.05) is 27.9 Å². The Balaban J connectivity index is 2.11. The molecule has 1 amide bonds. The Kier molecular flexibility index (Phi) is 8.14. The first kappa shape index (κ1) is 21.6. The molecule has 0 bridgehead atoms. The van der Waals surface area contributed by atoms with Crippen LogP contribution >= 0.6 is 11.6 Å². The molecule has 2 rings (SSSR count). The second-order valence-corrected chi connectivity index (χ2v) is 6.54. The Hall–Kier alpha value is -2.73. The lowest BCUT2D eigenvalue weighted by atomic mass is 10.1. The number of aryl methyl sites for hydroxylation is 1. The molecule has 0 aliphatic carbocycles. The van der Waals surface area contributed by atoms with E-state index < -0.39 is 5.97 Å². The number of nitrogens with zero attached hydrogens (tertiary/aromatic N) is 1. The number of benzene rings is 2. The minimum Gasteiger partial charge on any atom is -0.493 e. The van der Waals surface area contributed by atoms with Gasteiger partial charge < -0.3 is 19.1 Å². The maximum atomic E-state index is 12.8. The Morgan fingerprint density at radius 2 is 1.71 bits per heavy atom. The van der Waals surface area contributed by atoms with E-state index in [0.29, 0.717) is 29.5 Å². The van der Waals surface area contributed by atoms with Crippen molar-refractivity contribution in [2.45, 2.75) is 19.4 Å². The zero-order chi connectivity index (χ0) is 20.5. The summed E-state index contributed by atoms with van der Waals surface area (Å²) in [5, 5.41) is 0.611. The van der Waals surface area contributed by atoms with E-state index in [-0.39, 0.29) is 18.9 Å². The number of ether oxygens (including phenoxy) is 3. The lowest BCUT2D eigenvalue weighted by Gasteiger charge is -2.22. The van der Waals surface area contributed by atoms with Crippen molar-refractivity contribution in [3.8, 4) is 11.5 Å². The van der Waals surface area contributed by atoms with Crippen LogP contribution in [0.5, 0.6) is 11.5 Å². The first-order chi connectivity index (χ1) is 13.5. The third kappa shape index (κ3) is 5.89. The number of rotatable bonds is 9. The molecule has 6 nitrogen and oxygen atoms in total. The molecular formula is C21H24ClNO5. The fourth-order valence-corrected chi connectivity index (χ4v) is 2.94. The minimum absolute atomic E-state index is 0.118. The summed E-state index contributed by atoms with van der Waals surface area (Å²) in [6.45, 7) is 0.174. The first-order valence-corrected chi connectivity index (χ1v) is 9.15. The van der Waals surface area contributed by atoms with E-state index in [4.69, 9.17) is 25.8 Å². The van der Waals surface area contributed by atoms with Crippen LogP contribution in [0.25, 0.3) is 0 Å². The van der Waals surface area contributed by atoms with Gasteiger partial charge in [0.05, 0.1) is 21.3 Å². The van der Waals surface area contributed by atoms with E-state index >= 15 is 0 Å². The van der Waals surface area contributed by atoms with Crippen LogP contribution in [-0.4, -0.2) is 44.7 Å². The molecule has 0 aliphatic rings. The molecule has 2 aromatic rings. The molecule has 0 heterocycles. The Bertz CT molecular complexity index is 807. The molecule has 7 heteroatoms. The molecule has 28 heavy (non-hydrogen) atoms. The zero-order valence-corrected chi connectivity index (χ0v) is 17.0. The lowest BCUT2D eigenvalue weighted by Crippen LogP contribution is -2.35. The monoisotopic (exact) mass is 405 g/mol. The van der Waals surface area contributed by atoms with Gasteiger partial charge in [-0.05, 0) is 35.7 Å². The highest BCUT2D eigenvalue weighted by molar-refractivity contribution is 6.30. The molecule has 0 fully saturated rings. The van der Waals surface area contributed by atoms with Gasteiger partial charge in [0.1, 0.15) is 6.54 Å². The largest absolute Gasteiger partial charge is 0.493 e. The van der Waals surface area contributed by atoms with Gasteiger partial charge in [-0.15, -0.1) is 0 Å². The van der Waals surface area contributed by atoms with Crippen molar-refractivity contribution in [2.24, 2.45) is 0 Å². The molecule has 0 unspecified atom stereocenters. The number of hydrogen-bond donors (Lipinski definition) is 0. The van der Waals surface area contributed by atoms with Gasteiger partial charge in [0, 0.05) is 18.0 Å². The van der Waals surface area contributed by atoms with Gasteiger partial charge in [-0.2, -0.15) is 0 Å². The molecule has 0 N–H and O–H groups in total. The summed E-state index contributed by atoms with van der Waals surface area (Å²) in [5.74, 6) is 0.585. The Labute approximate surface area is 169 Å². The fraction of sp³-hybridized carbons (Fsp3) is 0.333. The van der Waals surface area contributed by atoms with Gasteiger partial charge in [0.25, 0.3) is 0 Å². The molecule has 0 saturated carbocycles. The molecule has 0 aromatic heterocycles. The fourth-order valence-electron chi connectivity index (χ4n) is 2.81. The minimum atomic E-state index is -0.471. The van der Waals surface area contributed by atoms with E-state index in [2.05, 4.69) is 0 Å². The second kappa shape index (κ2) is 10.6. The van der Waals surface area contributed by atoms with Crippen LogP contribution in [0.15, 0.2) is 42.5 Å². The van der Waals surface area contributed by atoms with Crippen LogP contribution in [0.2, 0.25) is 5.02 Å². The zero-order valence-electron chi connectivity index (χ0n) is 16.2. The van der Waals surface area contributed by atoms with E-state index in [0.717, 1.165) is 11.1 Å². The summed E-state index contributed by atoms with van der Waals surface area (Å²) in [5.41, 5.74) is 1.74. The topological polar surface area (TPSA) is 65.1 Å². The molecule has 0 aliphatic heterocycles. The van der Waals surface area contributed by atoms with E-state index in [9.17, 15) is 9.59 Å². The number of hydrogen-bond acceptors (Lipinski definition) is 5. The first-order valence-electron chi connectivity index (χ1n) is 8.77. The van der Waals surface area contributed by atoms with Crippen LogP contribution in [0.1, 0.15) is 17.5 Å². The maximum absolute atomic E-state index is 12.8. The van der Waals surface area contributed by atoms with Gasteiger partial charge in [0.2, 0.25) is 5.91 Å². The highest BCUT2D eigenvalue weighted by Gasteiger charge is 2.19. The molecule has 0 spiro atoms. The average molecular weight is 406 g/mol. The van der Waals surface area contributed by atoms with Gasteiger partial charge in [-0.1, -0.05) is 35.9 Å². The van der Waals surface area contributed by atoms with Crippen molar-refractivity contribution >= 4 is 23.5 Å². The molecule has 2 aromatic carbocycles. The van der Waals surface area contributed by atoms with Gasteiger partial charge in [0.15, 0.2) is 11.5 Å². The van der Waals surface area contributed by atoms with E-state index in [1.807, 2.05) is 24.3 Å². The molecule has 0 radical (unpaired) electrons. The van der Waals surface area contributed by atoms with Crippen molar-refractivity contribution in [3.63, 3.8) is 0 Å². The molecule has 150 valence electrons. The highest BCUT2D eigenvalue weighted by atomic mass is 35.5. The lowest BCUT2D eigenvalue weighted by molar-refractivity contribution is -0.147. The SMILES string of the molecule is COC(=O)CN(Cc1ccc(Cl)cc1)C(=O)CCc1cccc(OC)c1OC. The third-order valence-corrected chi connectivity index (χ3v) is 4.53. The van der Waals surface area contributed by atoms with Crippen LogP contribution < -0.4 is 9.47 Å². The number of carbonyl (C=O) groups is 2. The van der Waals surface area contributed by atoms with Crippen molar-refractivity contribution in [1.29, 1.82) is 0 Å². The summed E-state index contributed by atoms with van der Waals surface area (Å²) in [4.78, 5) is 26.0. The van der Waals surface area contributed by atoms with Crippen LogP contribution in [-0.2, 0) is 27.3 Å². The van der Waals surface area contributed by atoms with Crippen molar-refractivity contribution < 1.29 is 23.8 Å². The van der Waals surface area contributed by atoms with Crippen LogP contribution in [0.3, 0.4) is 0 Å². The van der Waals surface area contributed by atoms with Crippen LogP contribution in [0.4, 0.5) is 0 Å². The Morgan fingerprint density at radius 3 is 2.32 bits per heavy atom. The van der Waals surface area contributed by atoms with Crippen molar-refractivity contribution in [1.82, 2.24) is 4.90 Å². The second-order valence-electron chi connectivity index (χ2n) is 6.11. The van der Waals surface area contributed by atoms with Gasteiger partial charge in [-0.25, -0.2) is 0 Å². The quantitative estimate of drug-likeness (QED) is 0.597. The molecule has 0 saturated heterocycles. The number of carbonyl (C=O) groups excluding carboxylic acids is 2. The normalized spacial score (nSPS) is 10.3. The number of methoxy groups -OCH3 is 3.